The number of halogens is 1. The van der Waals surface area contributed by atoms with Gasteiger partial charge in [-0.3, -0.25) is 15.0 Å². The molecule has 1 saturated carbocycles. The number of hydrogen-bond acceptors (Lipinski definition) is 5. The van der Waals surface area contributed by atoms with Crippen LogP contribution >= 0.6 is 12.4 Å². The van der Waals surface area contributed by atoms with Crippen molar-refractivity contribution in [1.82, 2.24) is 9.55 Å². The SMILES string of the molecule is CCOC(=O)CCCCn1c(Cc2ccc(C(=N)N)cc2)nc2cc(NC(=O)C3CCCCC3)ccc21.Cl. The van der Waals surface area contributed by atoms with Gasteiger partial charge in [0.25, 0.3) is 0 Å². The Kier molecular flexibility index (Phi) is 10.7. The van der Waals surface area contributed by atoms with E-state index in [0.29, 0.717) is 25.0 Å². The van der Waals surface area contributed by atoms with Crippen LogP contribution in [-0.4, -0.2) is 33.9 Å². The first-order valence-electron chi connectivity index (χ1n) is 13.3. The summed E-state index contributed by atoms with van der Waals surface area (Å²) in [6.45, 7) is 2.94. The smallest absolute Gasteiger partial charge is 0.305 e. The number of aryl methyl sites for hydroxylation is 1. The molecule has 0 spiro atoms. The molecule has 38 heavy (non-hydrogen) atoms. The van der Waals surface area contributed by atoms with E-state index in [2.05, 4.69) is 9.88 Å². The third-order valence-corrected chi connectivity index (χ3v) is 7.02. The minimum Gasteiger partial charge on any atom is -0.466 e. The number of hydrogen-bond donors (Lipinski definition) is 3. The number of unbranched alkanes of at least 4 members (excludes halogenated alkanes) is 1. The van der Waals surface area contributed by atoms with Crippen molar-refractivity contribution in [3.05, 3.63) is 59.4 Å². The molecule has 8 nitrogen and oxygen atoms in total. The van der Waals surface area contributed by atoms with Crippen LogP contribution in [0.25, 0.3) is 11.0 Å². The molecule has 0 unspecified atom stereocenters. The van der Waals surface area contributed by atoms with Crippen LogP contribution in [0.2, 0.25) is 0 Å². The first-order valence-corrected chi connectivity index (χ1v) is 13.3. The monoisotopic (exact) mass is 539 g/mol. The number of imidazole rings is 1. The number of carbonyl (C=O) groups excluding carboxylic acids is 2. The van der Waals surface area contributed by atoms with Crippen molar-refractivity contribution in [1.29, 1.82) is 5.41 Å². The van der Waals surface area contributed by atoms with Crippen LogP contribution in [-0.2, 0) is 27.3 Å². The van der Waals surface area contributed by atoms with Crippen molar-refractivity contribution in [2.24, 2.45) is 11.7 Å². The molecule has 1 aliphatic carbocycles. The molecule has 1 heterocycles. The van der Waals surface area contributed by atoms with Gasteiger partial charge in [0.15, 0.2) is 0 Å². The molecule has 0 aliphatic heterocycles. The highest BCUT2D eigenvalue weighted by molar-refractivity contribution is 5.95. The number of fused-ring (bicyclic) bond motifs is 1. The number of nitrogens with two attached hydrogens (primary N) is 1. The van der Waals surface area contributed by atoms with Gasteiger partial charge in [0.05, 0.1) is 17.6 Å². The van der Waals surface area contributed by atoms with Gasteiger partial charge in [-0.1, -0.05) is 43.5 Å². The molecule has 0 atom stereocenters. The van der Waals surface area contributed by atoms with E-state index in [4.69, 9.17) is 20.9 Å². The number of nitrogens with one attached hydrogen (secondary N) is 2. The molecule has 1 amide bonds. The second kappa shape index (κ2) is 14.0. The van der Waals surface area contributed by atoms with E-state index in [1.807, 2.05) is 49.4 Å². The molecule has 1 fully saturated rings. The van der Waals surface area contributed by atoms with E-state index in [9.17, 15) is 9.59 Å². The summed E-state index contributed by atoms with van der Waals surface area (Å²) >= 11 is 0. The highest BCUT2D eigenvalue weighted by atomic mass is 35.5. The zero-order valence-electron chi connectivity index (χ0n) is 22.0. The predicted molar refractivity (Wildman–Crippen MR) is 153 cm³/mol. The normalized spacial score (nSPS) is 13.6. The maximum Gasteiger partial charge on any atom is 0.305 e. The fraction of sp³-hybridized carbons (Fsp3) is 0.448. The highest BCUT2D eigenvalue weighted by Gasteiger charge is 2.21. The predicted octanol–water partition coefficient (Wildman–Crippen LogP) is 5.59. The highest BCUT2D eigenvalue weighted by Crippen LogP contribution is 2.27. The van der Waals surface area contributed by atoms with E-state index in [0.717, 1.165) is 73.2 Å². The van der Waals surface area contributed by atoms with Crippen molar-refractivity contribution < 1.29 is 14.3 Å². The molecule has 0 bridgehead atoms. The quantitative estimate of drug-likeness (QED) is 0.127. The number of ether oxygens (including phenoxy) is 1. The largest absolute Gasteiger partial charge is 0.466 e. The summed E-state index contributed by atoms with van der Waals surface area (Å²) in [6.07, 6.45) is 7.95. The van der Waals surface area contributed by atoms with Gasteiger partial charge < -0.3 is 20.4 Å². The number of anilines is 1. The summed E-state index contributed by atoms with van der Waals surface area (Å²) in [5.41, 5.74) is 9.97. The lowest BCUT2D eigenvalue weighted by molar-refractivity contribution is -0.143. The van der Waals surface area contributed by atoms with Gasteiger partial charge in [-0.2, -0.15) is 0 Å². The van der Waals surface area contributed by atoms with Crippen LogP contribution in [0.1, 0.15) is 75.2 Å². The van der Waals surface area contributed by atoms with Crippen LogP contribution in [0, 0.1) is 11.3 Å². The lowest BCUT2D eigenvalue weighted by atomic mass is 9.88. The zero-order valence-corrected chi connectivity index (χ0v) is 22.8. The number of amidine groups is 1. The Hall–Kier alpha value is -3.39. The number of esters is 1. The first kappa shape index (κ1) is 29.2. The van der Waals surface area contributed by atoms with Gasteiger partial charge in [-0.05, 0) is 56.4 Å². The molecule has 3 aromatic rings. The van der Waals surface area contributed by atoms with Crippen LogP contribution in [0.5, 0.6) is 0 Å². The Morgan fingerprint density at radius 2 is 1.84 bits per heavy atom. The minimum absolute atomic E-state index is 0. The number of nitrogens with zero attached hydrogens (tertiary/aromatic N) is 2. The number of amides is 1. The van der Waals surface area contributed by atoms with Crippen LogP contribution in [0.4, 0.5) is 5.69 Å². The van der Waals surface area contributed by atoms with E-state index in [1.165, 1.54) is 6.42 Å². The molecule has 0 radical (unpaired) electrons. The molecule has 4 rings (SSSR count). The number of rotatable bonds is 11. The number of benzene rings is 2. The number of nitrogen functional groups attached to an aromatic ring is 1. The average Bonchev–Trinajstić information content (AvgIpc) is 3.23. The lowest BCUT2D eigenvalue weighted by Gasteiger charge is -2.20. The van der Waals surface area contributed by atoms with Crippen molar-refractivity contribution in [2.45, 2.75) is 71.3 Å². The molecule has 4 N–H and O–H groups in total. The van der Waals surface area contributed by atoms with Crippen LogP contribution in [0.15, 0.2) is 42.5 Å². The maximum absolute atomic E-state index is 12.8. The van der Waals surface area contributed by atoms with Gasteiger partial charge in [0, 0.05) is 36.6 Å². The molecule has 2 aromatic carbocycles. The average molecular weight is 540 g/mol. The molecule has 204 valence electrons. The van der Waals surface area contributed by atoms with Gasteiger partial charge in [0.1, 0.15) is 11.7 Å². The molecular weight excluding hydrogens is 502 g/mol. The Morgan fingerprint density at radius 3 is 2.53 bits per heavy atom. The lowest BCUT2D eigenvalue weighted by Crippen LogP contribution is -2.24. The maximum atomic E-state index is 12.8. The van der Waals surface area contributed by atoms with Crippen LogP contribution in [0.3, 0.4) is 0 Å². The van der Waals surface area contributed by atoms with E-state index < -0.39 is 0 Å². The topological polar surface area (TPSA) is 123 Å². The summed E-state index contributed by atoms with van der Waals surface area (Å²) in [4.78, 5) is 29.5. The van der Waals surface area contributed by atoms with Crippen molar-refractivity contribution in [3.8, 4) is 0 Å². The fourth-order valence-corrected chi connectivity index (χ4v) is 5.01. The van der Waals surface area contributed by atoms with Gasteiger partial charge >= 0.3 is 5.97 Å². The van der Waals surface area contributed by atoms with Gasteiger partial charge in [-0.25, -0.2) is 4.98 Å². The van der Waals surface area contributed by atoms with Gasteiger partial charge in [0.2, 0.25) is 5.91 Å². The molecular formula is C29H38ClN5O3. The third kappa shape index (κ3) is 7.57. The molecule has 1 aliphatic rings. The Balaban J connectivity index is 0.00000400. The summed E-state index contributed by atoms with van der Waals surface area (Å²) in [6, 6.07) is 13.6. The standard InChI is InChI=1S/C29H37N5O3.ClH/c1-2-37-27(35)10-6-7-17-34-25-16-15-23(32-29(36)22-8-4-3-5-9-22)19-24(25)33-26(34)18-20-11-13-21(14-12-20)28(30)31;/h11-16,19,22H,2-10,17-18H2,1H3,(H3,30,31)(H,32,36);1H. The van der Waals surface area contributed by atoms with E-state index in [-0.39, 0.29) is 36.0 Å². The van der Waals surface area contributed by atoms with Crippen molar-refractivity contribution >= 4 is 46.8 Å². The summed E-state index contributed by atoms with van der Waals surface area (Å²) in [5, 5.41) is 10.7. The molecule has 9 heteroatoms. The Bertz CT molecular complexity index is 1250. The van der Waals surface area contributed by atoms with Crippen molar-refractivity contribution in [2.75, 3.05) is 11.9 Å². The fourth-order valence-electron chi connectivity index (χ4n) is 5.01. The van der Waals surface area contributed by atoms with E-state index in [1.54, 1.807) is 0 Å². The Labute approximate surface area is 230 Å². The summed E-state index contributed by atoms with van der Waals surface area (Å²) < 4.78 is 7.25. The number of carbonyl (C=O) groups is 2. The second-order valence-corrected chi connectivity index (χ2v) is 9.76. The zero-order chi connectivity index (χ0) is 26.2. The minimum atomic E-state index is -0.165. The molecule has 1 aromatic heterocycles. The first-order chi connectivity index (χ1) is 17.9. The molecule has 0 saturated heterocycles. The van der Waals surface area contributed by atoms with Crippen LogP contribution < -0.4 is 11.1 Å². The van der Waals surface area contributed by atoms with Gasteiger partial charge in [-0.15, -0.1) is 12.4 Å². The summed E-state index contributed by atoms with van der Waals surface area (Å²) in [5.74, 6) is 0.987. The summed E-state index contributed by atoms with van der Waals surface area (Å²) in [7, 11) is 0. The second-order valence-electron chi connectivity index (χ2n) is 9.76. The number of aromatic nitrogens is 2. The van der Waals surface area contributed by atoms with E-state index >= 15 is 0 Å². The third-order valence-electron chi connectivity index (χ3n) is 7.02. The van der Waals surface area contributed by atoms with Crippen molar-refractivity contribution in [3.63, 3.8) is 0 Å². The Morgan fingerprint density at radius 1 is 1.11 bits per heavy atom.